The van der Waals surface area contributed by atoms with Gasteiger partial charge in [-0.3, -0.25) is 4.79 Å². The van der Waals surface area contributed by atoms with E-state index < -0.39 is 0 Å². The molecular formula is C18H22BrCl2N3O2. The van der Waals surface area contributed by atoms with Crippen molar-refractivity contribution in [2.75, 3.05) is 6.54 Å². The molecule has 2 aromatic rings. The lowest BCUT2D eigenvalue weighted by atomic mass is 10.0. The molecule has 0 bridgehead atoms. The Bertz CT molecular complexity index is 716. The third kappa shape index (κ3) is 5.84. The lowest BCUT2D eigenvalue weighted by Crippen LogP contribution is -2.39. The van der Waals surface area contributed by atoms with Crippen LogP contribution in [0.2, 0.25) is 0 Å². The van der Waals surface area contributed by atoms with Gasteiger partial charge in [0.05, 0.1) is 5.56 Å². The normalized spacial score (nSPS) is 18.4. The van der Waals surface area contributed by atoms with Crippen molar-refractivity contribution >= 4 is 46.7 Å². The number of carbonyl (C=O) groups is 1. The third-order valence-corrected chi connectivity index (χ3v) is 4.79. The molecule has 1 heterocycles. The molecule has 3 N–H and O–H groups in total. The smallest absolute Gasteiger partial charge is 0.253 e. The highest BCUT2D eigenvalue weighted by Gasteiger charge is 2.27. The van der Waals surface area contributed by atoms with Crippen LogP contribution in [0.15, 0.2) is 47.1 Å². The first-order valence-corrected chi connectivity index (χ1v) is 8.85. The first-order chi connectivity index (χ1) is 11.7. The van der Waals surface area contributed by atoms with E-state index in [0.29, 0.717) is 29.7 Å². The van der Waals surface area contributed by atoms with E-state index >= 15 is 0 Å². The summed E-state index contributed by atoms with van der Waals surface area (Å²) in [6.07, 6.45) is 4.73. The van der Waals surface area contributed by atoms with Crippen molar-refractivity contribution in [2.24, 2.45) is 11.7 Å². The van der Waals surface area contributed by atoms with Gasteiger partial charge in [-0.05, 0) is 49.6 Å². The molecule has 2 unspecified atom stereocenters. The summed E-state index contributed by atoms with van der Waals surface area (Å²) < 4.78 is 6.60. The van der Waals surface area contributed by atoms with Gasteiger partial charge < -0.3 is 15.8 Å². The van der Waals surface area contributed by atoms with Gasteiger partial charge in [-0.15, -0.1) is 24.8 Å². The van der Waals surface area contributed by atoms with E-state index in [4.69, 9.17) is 10.5 Å². The molecule has 1 aromatic heterocycles. The number of nitrogens with two attached hydrogens (primary N) is 1. The topological polar surface area (TPSA) is 77.2 Å². The summed E-state index contributed by atoms with van der Waals surface area (Å²) in [5.41, 5.74) is 6.29. The molecule has 0 aliphatic heterocycles. The maximum atomic E-state index is 12.3. The fraction of sp³-hybridized carbons (Fsp3) is 0.333. The van der Waals surface area contributed by atoms with Crippen molar-refractivity contribution in [1.29, 1.82) is 0 Å². The Kier molecular flexibility index (Phi) is 9.36. The number of hydrogen-bond donors (Lipinski definition) is 2. The average Bonchev–Trinajstić information content (AvgIpc) is 3.02. The quantitative estimate of drug-likeness (QED) is 0.692. The number of pyridine rings is 1. The van der Waals surface area contributed by atoms with E-state index in [-0.39, 0.29) is 36.8 Å². The van der Waals surface area contributed by atoms with E-state index in [2.05, 4.69) is 26.2 Å². The number of benzene rings is 1. The van der Waals surface area contributed by atoms with Crippen LogP contribution in [0, 0.1) is 5.92 Å². The Morgan fingerprint density at radius 2 is 2.08 bits per heavy atom. The van der Waals surface area contributed by atoms with Crippen molar-refractivity contribution in [2.45, 2.75) is 25.3 Å². The summed E-state index contributed by atoms with van der Waals surface area (Å²) >= 11 is 3.40. The summed E-state index contributed by atoms with van der Waals surface area (Å²) in [5.74, 6) is 1.40. The van der Waals surface area contributed by atoms with E-state index in [1.807, 2.05) is 24.3 Å². The van der Waals surface area contributed by atoms with Crippen LogP contribution >= 0.6 is 40.7 Å². The highest BCUT2D eigenvalue weighted by Crippen LogP contribution is 2.25. The van der Waals surface area contributed by atoms with Gasteiger partial charge in [-0.2, -0.15) is 0 Å². The van der Waals surface area contributed by atoms with Crippen molar-refractivity contribution < 1.29 is 9.53 Å². The van der Waals surface area contributed by atoms with Gasteiger partial charge in [-0.1, -0.05) is 28.4 Å². The maximum absolute atomic E-state index is 12.3. The minimum atomic E-state index is -0.109. The van der Waals surface area contributed by atoms with Gasteiger partial charge in [-0.25, -0.2) is 4.98 Å². The lowest BCUT2D eigenvalue weighted by Gasteiger charge is -2.19. The number of nitrogens with zero attached hydrogens (tertiary/aromatic N) is 1. The van der Waals surface area contributed by atoms with Gasteiger partial charge in [0.1, 0.15) is 5.75 Å². The number of halogens is 3. The number of ether oxygens (including phenoxy) is 1. The van der Waals surface area contributed by atoms with Crippen LogP contribution in [0.25, 0.3) is 0 Å². The van der Waals surface area contributed by atoms with Crippen molar-refractivity contribution in [3.8, 4) is 11.6 Å². The highest BCUT2D eigenvalue weighted by molar-refractivity contribution is 9.10. The molecule has 0 saturated heterocycles. The lowest BCUT2D eigenvalue weighted by molar-refractivity contribution is 0.0928. The van der Waals surface area contributed by atoms with Crippen LogP contribution in [0.1, 0.15) is 29.6 Å². The van der Waals surface area contributed by atoms with Crippen molar-refractivity contribution in [3.05, 3.63) is 52.6 Å². The van der Waals surface area contributed by atoms with Crippen molar-refractivity contribution in [1.82, 2.24) is 10.3 Å². The number of nitrogens with one attached hydrogen (secondary N) is 1. The molecule has 3 rings (SSSR count). The molecule has 1 amide bonds. The zero-order valence-corrected chi connectivity index (χ0v) is 17.3. The molecule has 2 atom stereocenters. The van der Waals surface area contributed by atoms with Gasteiger partial charge in [0.25, 0.3) is 5.91 Å². The van der Waals surface area contributed by atoms with Crippen LogP contribution in [0.4, 0.5) is 0 Å². The Morgan fingerprint density at radius 1 is 1.27 bits per heavy atom. The minimum absolute atomic E-state index is 0. The summed E-state index contributed by atoms with van der Waals surface area (Å²) in [4.78, 5) is 16.6. The molecule has 8 heteroatoms. The first-order valence-electron chi connectivity index (χ1n) is 8.06. The fourth-order valence-electron chi connectivity index (χ4n) is 2.99. The van der Waals surface area contributed by atoms with Gasteiger partial charge in [0.2, 0.25) is 5.88 Å². The molecule has 26 heavy (non-hydrogen) atoms. The van der Waals surface area contributed by atoms with Crippen LogP contribution in [0.3, 0.4) is 0 Å². The predicted molar refractivity (Wildman–Crippen MR) is 111 cm³/mol. The van der Waals surface area contributed by atoms with E-state index in [9.17, 15) is 4.79 Å². The van der Waals surface area contributed by atoms with Crippen LogP contribution in [-0.4, -0.2) is 23.5 Å². The molecule has 1 aliphatic rings. The van der Waals surface area contributed by atoms with Crippen molar-refractivity contribution in [3.63, 3.8) is 0 Å². The number of aromatic nitrogens is 1. The van der Waals surface area contributed by atoms with Gasteiger partial charge >= 0.3 is 0 Å². The molecule has 142 valence electrons. The summed E-state index contributed by atoms with van der Waals surface area (Å²) in [5, 5.41) is 3.07. The Hall–Kier alpha value is -1.34. The van der Waals surface area contributed by atoms with E-state index in [0.717, 1.165) is 23.7 Å². The molecule has 0 spiro atoms. The SMILES string of the molecule is Cl.Cl.NCC1CCCC1NC(=O)c1ccc(Oc2cccc(Br)c2)nc1. The Morgan fingerprint density at radius 3 is 2.73 bits per heavy atom. The van der Waals surface area contributed by atoms with E-state index in [1.54, 1.807) is 12.1 Å². The molecule has 0 radical (unpaired) electrons. The molecule has 5 nitrogen and oxygen atoms in total. The standard InChI is InChI=1S/C18H20BrN3O2.2ClH/c19-14-4-2-5-15(9-14)24-17-8-7-13(11-21-17)18(23)22-16-6-1-3-12(16)10-20;;/h2,4-5,7-9,11-12,16H,1,3,6,10,20H2,(H,22,23);2*1H. The average molecular weight is 463 g/mol. The zero-order chi connectivity index (χ0) is 16.9. The molecule has 1 saturated carbocycles. The molecule has 1 aliphatic carbocycles. The van der Waals surface area contributed by atoms with Crippen LogP contribution in [-0.2, 0) is 0 Å². The van der Waals surface area contributed by atoms with Crippen LogP contribution < -0.4 is 15.8 Å². The summed E-state index contributed by atoms with van der Waals surface area (Å²) in [7, 11) is 0. The first kappa shape index (κ1) is 22.7. The minimum Gasteiger partial charge on any atom is -0.439 e. The zero-order valence-electron chi connectivity index (χ0n) is 14.1. The number of amides is 1. The fourth-order valence-corrected chi connectivity index (χ4v) is 3.37. The largest absolute Gasteiger partial charge is 0.439 e. The maximum Gasteiger partial charge on any atom is 0.253 e. The molecule has 1 aromatic carbocycles. The number of hydrogen-bond acceptors (Lipinski definition) is 4. The predicted octanol–water partition coefficient (Wildman–Crippen LogP) is 4.34. The summed E-state index contributed by atoms with van der Waals surface area (Å²) in [6, 6.07) is 11.1. The molecule has 1 fully saturated rings. The highest BCUT2D eigenvalue weighted by atomic mass is 79.9. The van der Waals surface area contributed by atoms with E-state index in [1.165, 1.54) is 6.20 Å². The summed E-state index contributed by atoms with van der Waals surface area (Å²) in [6.45, 7) is 0.614. The Labute approximate surface area is 174 Å². The third-order valence-electron chi connectivity index (χ3n) is 4.30. The molecular weight excluding hydrogens is 441 g/mol. The van der Waals surface area contributed by atoms with Crippen LogP contribution in [0.5, 0.6) is 11.6 Å². The second kappa shape index (κ2) is 10.7. The number of rotatable bonds is 5. The second-order valence-electron chi connectivity index (χ2n) is 5.95. The van der Waals surface area contributed by atoms with Gasteiger partial charge in [0.15, 0.2) is 0 Å². The van der Waals surface area contributed by atoms with Gasteiger partial charge in [0, 0.05) is 22.8 Å². The Balaban J connectivity index is 0.00000169. The monoisotopic (exact) mass is 461 g/mol. The number of carbonyl (C=O) groups excluding carboxylic acids is 1. The second-order valence-corrected chi connectivity index (χ2v) is 6.87.